The zero-order valence-electron chi connectivity index (χ0n) is 11.6. The van der Waals surface area contributed by atoms with E-state index in [9.17, 15) is 9.90 Å². The number of hydrogen-bond donors (Lipinski definition) is 1. The molecule has 0 heterocycles. The van der Waals surface area contributed by atoms with Crippen molar-refractivity contribution in [3.63, 3.8) is 0 Å². The van der Waals surface area contributed by atoms with Gasteiger partial charge in [0.2, 0.25) is 0 Å². The van der Waals surface area contributed by atoms with Crippen LogP contribution in [0, 0.1) is 10.8 Å². The van der Waals surface area contributed by atoms with Crippen LogP contribution in [0.5, 0.6) is 0 Å². The van der Waals surface area contributed by atoms with Gasteiger partial charge in [0.15, 0.2) is 0 Å². The summed E-state index contributed by atoms with van der Waals surface area (Å²) in [4.78, 5) is 11.8. The zero-order chi connectivity index (χ0) is 14.0. The minimum absolute atomic E-state index is 0.0404. The lowest BCUT2D eigenvalue weighted by molar-refractivity contribution is -0.144. The second-order valence-electron chi connectivity index (χ2n) is 6.59. The topological polar surface area (TPSA) is 37.3 Å². The van der Waals surface area contributed by atoms with Crippen LogP contribution in [-0.4, -0.2) is 11.1 Å². The monoisotopic (exact) mass is 266 g/mol. The fourth-order valence-corrected chi connectivity index (χ4v) is 4.81. The van der Waals surface area contributed by atoms with Crippen LogP contribution < -0.4 is 0 Å². The van der Waals surface area contributed by atoms with Crippen LogP contribution in [0.1, 0.15) is 37.7 Å². The van der Waals surface area contributed by atoms with Crippen LogP contribution in [0.3, 0.4) is 0 Å². The van der Waals surface area contributed by atoms with Crippen LogP contribution in [0.4, 0.5) is 0 Å². The highest BCUT2D eigenvalue weighted by Crippen LogP contribution is 2.81. The maximum absolute atomic E-state index is 11.8. The highest BCUT2D eigenvalue weighted by Gasteiger charge is 2.79. The van der Waals surface area contributed by atoms with E-state index in [2.05, 4.69) is 37.3 Å². The van der Waals surface area contributed by atoms with Crippen molar-refractivity contribution in [2.24, 2.45) is 10.8 Å². The first-order valence-corrected chi connectivity index (χ1v) is 7.32. The summed E-state index contributed by atoms with van der Waals surface area (Å²) in [6.07, 6.45) is 2.92. The Morgan fingerprint density at radius 3 is 2.60 bits per heavy atom. The quantitative estimate of drug-likeness (QED) is 0.884. The van der Waals surface area contributed by atoms with Gasteiger partial charge in [-0.3, -0.25) is 4.79 Å². The number of hydrogen-bond acceptors (Lipinski definition) is 1. The van der Waals surface area contributed by atoms with Gasteiger partial charge in [0.05, 0.1) is 5.41 Å². The summed E-state index contributed by atoms with van der Waals surface area (Å²) in [6, 6.07) is 14.7. The largest absolute Gasteiger partial charge is 0.481 e. The van der Waals surface area contributed by atoms with Crippen molar-refractivity contribution in [1.29, 1.82) is 0 Å². The summed E-state index contributed by atoms with van der Waals surface area (Å²) in [7, 11) is 0. The molecular weight excluding hydrogens is 248 g/mol. The van der Waals surface area contributed by atoms with Gasteiger partial charge in [-0.15, -0.1) is 0 Å². The maximum atomic E-state index is 11.8. The van der Waals surface area contributed by atoms with Crippen molar-refractivity contribution >= 4 is 16.7 Å². The Kier molecular flexibility index (Phi) is 2.17. The van der Waals surface area contributed by atoms with Crippen molar-refractivity contribution < 1.29 is 9.90 Å². The highest BCUT2D eigenvalue weighted by molar-refractivity contribution is 5.87. The number of benzene rings is 2. The lowest BCUT2D eigenvalue weighted by Crippen LogP contribution is -2.18. The summed E-state index contributed by atoms with van der Waals surface area (Å²) >= 11 is 0. The second-order valence-corrected chi connectivity index (χ2v) is 6.59. The molecule has 0 amide bonds. The normalized spacial score (nSPS) is 35.0. The third-order valence-electron chi connectivity index (χ3n) is 5.82. The molecule has 2 aliphatic carbocycles. The number of fused-ring (bicyclic) bond motifs is 2. The molecule has 4 rings (SSSR count). The van der Waals surface area contributed by atoms with E-state index in [0.29, 0.717) is 0 Å². The van der Waals surface area contributed by atoms with Crippen LogP contribution in [0.15, 0.2) is 42.5 Å². The Morgan fingerprint density at radius 2 is 1.90 bits per heavy atom. The van der Waals surface area contributed by atoms with Crippen LogP contribution in [-0.2, 0) is 4.79 Å². The predicted molar refractivity (Wildman–Crippen MR) is 78.7 cm³/mol. The van der Waals surface area contributed by atoms with E-state index < -0.39 is 11.4 Å². The summed E-state index contributed by atoms with van der Waals surface area (Å²) in [5.74, 6) is -0.415. The molecule has 2 fully saturated rings. The molecule has 3 atom stereocenters. The van der Waals surface area contributed by atoms with Gasteiger partial charge in [-0.2, -0.15) is 0 Å². The molecule has 2 saturated carbocycles. The molecular formula is C18H18O2. The fraction of sp³-hybridized carbons (Fsp3) is 0.389. The van der Waals surface area contributed by atoms with E-state index >= 15 is 0 Å². The first-order chi connectivity index (χ1) is 9.59. The van der Waals surface area contributed by atoms with E-state index in [1.807, 2.05) is 12.1 Å². The lowest BCUT2D eigenvalue weighted by Gasteiger charge is -2.11. The summed E-state index contributed by atoms with van der Waals surface area (Å²) in [6.45, 7) is 2.16. The molecule has 0 aliphatic heterocycles. The smallest absolute Gasteiger partial charge is 0.310 e. The van der Waals surface area contributed by atoms with Gasteiger partial charge in [-0.1, -0.05) is 55.8 Å². The Balaban J connectivity index is 1.83. The van der Waals surface area contributed by atoms with Gasteiger partial charge >= 0.3 is 5.97 Å². The van der Waals surface area contributed by atoms with E-state index in [4.69, 9.17) is 0 Å². The first kappa shape index (κ1) is 12.0. The molecule has 0 saturated heterocycles. The van der Waals surface area contributed by atoms with E-state index in [1.165, 1.54) is 16.3 Å². The molecule has 0 spiro atoms. The maximum Gasteiger partial charge on any atom is 0.310 e. The molecule has 2 aliphatic rings. The Hall–Kier alpha value is -1.83. The van der Waals surface area contributed by atoms with Crippen molar-refractivity contribution in [3.8, 4) is 0 Å². The van der Waals surface area contributed by atoms with Crippen molar-refractivity contribution in [2.75, 3.05) is 0 Å². The number of carboxylic acids is 1. The van der Waals surface area contributed by atoms with Gasteiger partial charge in [-0.05, 0) is 34.6 Å². The Labute approximate surface area is 118 Å². The molecule has 0 bridgehead atoms. The van der Waals surface area contributed by atoms with Crippen LogP contribution in [0.25, 0.3) is 10.8 Å². The molecule has 0 unspecified atom stereocenters. The van der Waals surface area contributed by atoms with Crippen molar-refractivity contribution in [2.45, 2.75) is 32.1 Å². The van der Waals surface area contributed by atoms with Crippen LogP contribution >= 0.6 is 0 Å². The molecule has 2 aromatic carbocycles. The molecule has 0 radical (unpaired) electrons. The van der Waals surface area contributed by atoms with Gasteiger partial charge in [0.25, 0.3) is 0 Å². The lowest BCUT2D eigenvalue weighted by atomic mass is 9.93. The van der Waals surface area contributed by atoms with Gasteiger partial charge in [0.1, 0.15) is 0 Å². The predicted octanol–water partition coefficient (Wildman–Crippen LogP) is 4.20. The van der Waals surface area contributed by atoms with E-state index in [-0.39, 0.29) is 11.3 Å². The molecule has 2 nitrogen and oxygen atoms in total. The van der Waals surface area contributed by atoms with Crippen LogP contribution in [0.2, 0.25) is 0 Å². The third kappa shape index (κ3) is 1.22. The number of rotatable bonds is 2. The minimum Gasteiger partial charge on any atom is -0.481 e. The first-order valence-electron chi connectivity index (χ1n) is 7.32. The summed E-state index contributed by atoms with van der Waals surface area (Å²) in [5.41, 5.74) is 0.657. The van der Waals surface area contributed by atoms with Crippen molar-refractivity contribution in [3.05, 3.63) is 48.0 Å². The summed E-state index contributed by atoms with van der Waals surface area (Å²) < 4.78 is 0. The standard InChI is InChI=1S/C18H18O2/c1-17-9-4-10-18(17,16(19)20)15(17)14-8-7-12-5-2-3-6-13(12)11-14/h2-3,5-8,11,15H,4,9-10H2,1H3,(H,19,20)/t15-,17-,18+/m1/s1. The van der Waals surface area contributed by atoms with Gasteiger partial charge in [-0.25, -0.2) is 0 Å². The molecule has 2 heteroatoms. The van der Waals surface area contributed by atoms with Gasteiger partial charge in [0, 0.05) is 5.92 Å². The zero-order valence-corrected chi connectivity index (χ0v) is 11.6. The number of carbonyl (C=O) groups is 1. The second kappa shape index (κ2) is 3.63. The molecule has 0 aromatic heterocycles. The molecule has 20 heavy (non-hydrogen) atoms. The van der Waals surface area contributed by atoms with Crippen molar-refractivity contribution in [1.82, 2.24) is 0 Å². The molecule has 102 valence electrons. The highest BCUT2D eigenvalue weighted by atomic mass is 16.4. The van der Waals surface area contributed by atoms with E-state index in [1.54, 1.807) is 0 Å². The third-order valence-corrected chi connectivity index (χ3v) is 5.82. The average molecular weight is 266 g/mol. The van der Waals surface area contributed by atoms with Gasteiger partial charge < -0.3 is 5.11 Å². The minimum atomic E-state index is -0.601. The summed E-state index contributed by atoms with van der Waals surface area (Å²) in [5, 5.41) is 12.2. The Morgan fingerprint density at radius 1 is 1.15 bits per heavy atom. The Bertz CT molecular complexity index is 720. The fourth-order valence-electron chi connectivity index (χ4n) is 4.81. The average Bonchev–Trinajstić information content (AvgIpc) is 2.80. The molecule has 2 aromatic rings. The number of carboxylic acid groups (broad SMARTS) is 1. The molecule has 1 N–H and O–H groups in total. The van der Waals surface area contributed by atoms with E-state index in [0.717, 1.165) is 19.3 Å². The SMILES string of the molecule is C[C@]12CCC[C@@]1(C(=O)O)[C@@H]2c1ccc2ccccc2c1. The number of aliphatic carboxylic acids is 1.